The first-order chi connectivity index (χ1) is 9.86. The summed E-state index contributed by atoms with van der Waals surface area (Å²) in [4.78, 5) is 1.22. The fourth-order valence-corrected chi connectivity index (χ4v) is 3.43. The predicted octanol–water partition coefficient (Wildman–Crippen LogP) is 4.77. The van der Waals surface area contributed by atoms with E-state index in [1.165, 1.54) is 16.0 Å². The number of hydrogen-bond donors (Lipinski definition) is 1. The average Bonchev–Trinajstić information content (AvgIpc) is 3.10. The summed E-state index contributed by atoms with van der Waals surface area (Å²) in [6.07, 6.45) is 0. The molecule has 0 aliphatic carbocycles. The Bertz CT molecular complexity index is 904. The molecule has 2 heterocycles. The number of thiophene rings is 1. The molecule has 0 spiro atoms. The third-order valence-corrected chi connectivity index (χ3v) is 4.56. The van der Waals surface area contributed by atoms with E-state index >= 15 is 0 Å². The average molecular weight is 279 g/mol. The molecule has 0 fully saturated rings. The van der Waals surface area contributed by atoms with Gasteiger partial charge in [-0.2, -0.15) is 0 Å². The maximum absolute atomic E-state index is 5.86. The first kappa shape index (κ1) is 11.7. The molecule has 2 nitrogen and oxygen atoms in total. The van der Waals surface area contributed by atoms with Gasteiger partial charge in [0.1, 0.15) is 11.2 Å². The molecule has 20 heavy (non-hydrogen) atoms. The van der Waals surface area contributed by atoms with Crippen molar-refractivity contribution in [1.29, 1.82) is 0 Å². The van der Waals surface area contributed by atoms with E-state index in [0.717, 1.165) is 21.9 Å². The second-order valence-corrected chi connectivity index (χ2v) is 5.77. The van der Waals surface area contributed by atoms with Gasteiger partial charge in [0.05, 0.1) is 0 Å². The summed E-state index contributed by atoms with van der Waals surface area (Å²) >= 11 is 1.71. The van der Waals surface area contributed by atoms with Crippen molar-refractivity contribution in [1.82, 2.24) is 0 Å². The Balaban J connectivity index is 2.00. The lowest BCUT2D eigenvalue weighted by atomic mass is 10.0. The number of hydrogen-bond acceptors (Lipinski definition) is 3. The highest BCUT2D eigenvalue weighted by molar-refractivity contribution is 7.10. The molecule has 4 aromatic rings. The smallest absolute Gasteiger partial charge is 0.135 e. The summed E-state index contributed by atoms with van der Waals surface area (Å²) in [6, 6.07) is 16.6. The molecule has 2 aromatic carbocycles. The van der Waals surface area contributed by atoms with Crippen molar-refractivity contribution in [3.05, 3.63) is 58.8 Å². The number of para-hydroxylation sites is 1. The van der Waals surface area contributed by atoms with Gasteiger partial charge in [-0.25, -0.2) is 0 Å². The van der Waals surface area contributed by atoms with Crippen molar-refractivity contribution < 1.29 is 4.42 Å². The van der Waals surface area contributed by atoms with Crippen LogP contribution in [-0.2, 0) is 6.54 Å². The molecule has 0 unspecified atom stereocenters. The standard InChI is InChI=1S/C17H13NOS/c18-10-17-12(7-8-20-17)11-5-6-16-14(9-11)13-3-1-2-4-15(13)19-16/h1-9H,10,18H2. The molecule has 0 radical (unpaired) electrons. The zero-order valence-corrected chi connectivity index (χ0v) is 11.6. The van der Waals surface area contributed by atoms with Crippen molar-refractivity contribution in [3.8, 4) is 11.1 Å². The van der Waals surface area contributed by atoms with Gasteiger partial charge >= 0.3 is 0 Å². The van der Waals surface area contributed by atoms with Gasteiger partial charge in [-0.3, -0.25) is 0 Å². The minimum Gasteiger partial charge on any atom is -0.456 e. The first-order valence-electron chi connectivity index (χ1n) is 6.55. The van der Waals surface area contributed by atoms with Crippen LogP contribution in [0.5, 0.6) is 0 Å². The highest BCUT2D eigenvalue weighted by atomic mass is 32.1. The van der Waals surface area contributed by atoms with E-state index in [2.05, 4.69) is 29.6 Å². The highest BCUT2D eigenvalue weighted by Gasteiger charge is 2.10. The van der Waals surface area contributed by atoms with Crippen molar-refractivity contribution in [3.63, 3.8) is 0 Å². The zero-order valence-electron chi connectivity index (χ0n) is 10.8. The van der Waals surface area contributed by atoms with E-state index in [9.17, 15) is 0 Å². The molecule has 4 rings (SSSR count). The number of nitrogens with two attached hydrogens (primary N) is 1. The van der Waals surface area contributed by atoms with Crippen LogP contribution >= 0.6 is 11.3 Å². The van der Waals surface area contributed by atoms with Crippen LogP contribution in [0.1, 0.15) is 4.88 Å². The lowest BCUT2D eigenvalue weighted by molar-refractivity contribution is 0.669. The van der Waals surface area contributed by atoms with Gasteiger partial charge in [-0.1, -0.05) is 24.3 Å². The van der Waals surface area contributed by atoms with Gasteiger partial charge < -0.3 is 10.2 Å². The Morgan fingerprint density at radius 2 is 1.80 bits per heavy atom. The summed E-state index contributed by atoms with van der Waals surface area (Å²) < 4.78 is 5.86. The van der Waals surface area contributed by atoms with E-state index < -0.39 is 0 Å². The van der Waals surface area contributed by atoms with Crippen LogP contribution in [0.25, 0.3) is 33.1 Å². The molecule has 0 saturated heterocycles. The molecule has 0 bridgehead atoms. The number of furan rings is 1. The molecule has 2 aromatic heterocycles. The van der Waals surface area contributed by atoms with Crippen LogP contribution in [-0.4, -0.2) is 0 Å². The maximum Gasteiger partial charge on any atom is 0.135 e. The van der Waals surface area contributed by atoms with Crippen LogP contribution in [0.3, 0.4) is 0 Å². The molecule has 0 aliphatic rings. The summed E-state index contributed by atoms with van der Waals surface area (Å²) in [6.45, 7) is 0.581. The van der Waals surface area contributed by atoms with Crippen LogP contribution in [0.2, 0.25) is 0 Å². The van der Waals surface area contributed by atoms with Gasteiger partial charge in [0, 0.05) is 22.2 Å². The number of fused-ring (bicyclic) bond motifs is 3. The largest absolute Gasteiger partial charge is 0.456 e. The maximum atomic E-state index is 5.86. The van der Waals surface area contributed by atoms with Gasteiger partial charge in [-0.05, 0) is 40.8 Å². The van der Waals surface area contributed by atoms with E-state index in [1.54, 1.807) is 11.3 Å². The molecule has 0 aliphatic heterocycles. The molecule has 0 atom stereocenters. The van der Waals surface area contributed by atoms with Crippen LogP contribution in [0, 0.1) is 0 Å². The van der Waals surface area contributed by atoms with Gasteiger partial charge in [-0.15, -0.1) is 11.3 Å². The quantitative estimate of drug-likeness (QED) is 0.574. The Hall–Kier alpha value is -2.10. The normalized spacial score (nSPS) is 11.4. The molecular weight excluding hydrogens is 266 g/mol. The minimum atomic E-state index is 0.581. The molecular formula is C17H13NOS. The second kappa shape index (κ2) is 4.47. The van der Waals surface area contributed by atoms with E-state index in [4.69, 9.17) is 10.2 Å². The molecule has 3 heteroatoms. The fourth-order valence-electron chi connectivity index (χ4n) is 2.65. The lowest BCUT2D eigenvalue weighted by Gasteiger charge is -2.02. The highest BCUT2D eigenvalue weighted by Crippen LogP contribution is 2.34. The Labute approximate surface area is 120 Å². The third-order valence-electron chi connectivity index (χ3n) is 3.62. The SMILES string of the molecule is NCc1sccc1-c1ccc2oc3ccccc3c2c1. The second-order valence-electron chi connectivity index (χ2n) is 4.77. The monoisotopic (exact) mass is 279 g/mol. The first-order valence-corrected chi connectivity index (χ1v) is 7.43. The third kappa shape index (κ3) is 1.68. The summed E-state index contributed by atoms with van der Waals surface area (Å²) in [5.74, 6) is 0. The van der Waals surface area contributed by atoms with Crippen molar-refractivity contribution >= 4 is 33.3 Å². The molecule has 2 N–H and O–H groups in total. The van der Waals surface area contributed by atoms with E-state index in [1.807, 2.05) is 24.3 Å². The minimum absolute atomic E-state index is 0.581. The molecule has 98 valence electrons. The Morgan fingerprint density at radius 1 is 0.950 bits per heavy atom. The number of rotatable bonds is 2. The van der Waals surface area contributed by atoms with Crippen LogP contribution in [0.15, 0.2) is 58.3 Å². The van der Waals surface area contributed by atoms with Crippen molar-refractivity contribution in [2.45, 2.75) is 6.54 Å². The van der Waals surface area contributed by atoms with E-state index in [0.29, 0.717) is 6.54 Å². The van der Waals surface area contributed by atoms with Crippen molar-refractivity contribution in [2.24, 2.45) is 5.73 Å². The topological polar surface area (TPSA) is 39.2 Å². The summed E-state index contributed by atoms with van der Waals surface area (Å²) in [5, 5.41) is 4.41. The van der Waals surface area contributed by atoms with Crippen LogP contribution in [0.4, 0.5) is 0 Å². The zero-order chi connectivity index (χ0) is 13.5. The van der Waals surface area contributed by atoms with Crippen molar-refractivity contribution in [2.75, 3.05) is 0 Å². The fraction of sp³-hybridized carbons (Fsp3) is 0.0588. The summed E-state index contributed by atoms with van der Waals surface area (Å²) in [5.41, 5.74) is 10.1. The van der Waals surface area contributed by atoms with Gasteiger partial charge in [0.25, 0.3) is 0 Å². The lowest BCUT2D eigenvalue weighted by Crippen LogP contribution is -1.94. The van der Waals surface area contributed by atoms with Gasteiger partial charge in [0.15, 0.2) is 0 Å². The molecule has 0 saturated carbocycles. The molecule has 0 amide bonds. The van der Waals surface area contributed by atoms with Gasteiger partial charge in [0.2, 0.25) is 0 Å². The van der Waals surface area contributed by atoms with E-state index in [-0.39, 0.29) is 0 Å². The number of benzene rings is 2. The predicted molar refractivity (Wildman–Crippen MR) is 84.9 cm³/mol. The summed E-state index contributed by atoms with van der Waals surface area (Å²) in [7, 11) is 0. The Morgan fingerprint density at radius 3 is 2.70 bits per heavy atom. The van der Waals surface area contributed by atoms with Crippen LogP contribution < -0.4 is 5.73 Å². The Kier molecular flexibility index (Phi) is 2.62.